The van der Waals surface area contributed by atoms with Gasteiger partial charge in [-0.3, -0.25) is 0 Å². The lowest BCUT2D eigenvalue weighted by molar-refractivity contribution is 0.660. The SMILES string of the molecule is CC1(C)c2cc(N(c3ccc(-c4ccc5c(c4)c4ccccc4n5-c4ccccc4)cc3)c3ccc4c(c3)oc3ccccc34)ccc2-c2ccc(-n3c4ccccc4c4ccccc43)cc21.c1ccc(-n2c3ccccc3c3cc(-c4ccc(N(c5ccc(-c6ccc7c8ccccc8n(-c8ccccc8)c7c6)cc5)c5ccc6c(c5)oc5ccccc56)cc4)ccc32)cc1. The minimum atomic E-state index is -0.254. The minimum absolute atomic E-state index is 0.254. The first-order valence-corrected chi connectivity index (χ1v) is 45.0. The van der Waals surface area contributed by atoms with Gasteiger partial charge in [0.2, 0.25) is 0 Å². The van der Waals surface area contributed by atoms with Gasteiger partial charge < -0.3 is 36.9 Å². The number of fused-ring (bicyclic) bond motifs is 21. The Morgan fingerprint density at radius 2 is 0.450 bits per heavy atom. The molecule has 0 saturated carbocycles. The Kier molecular flexibility index (Phi) is 17.2. The van der Waals surface area contributed by atoms with Crippen LogP contribution in [0.3, 0.4) is 0 Å². The fourth-order valence-corrected chi connectivity index (χ4v) is 21.2. The number of hydrogen-bond donors (Lipinski definition) is 0. The molecule has 0 spiro atoms. The topological polar surface area (TPSA) is 52.5 Å². The molecular weight excluding hydrogens is 1590 g/mol. The van der Waals surface area contributed by atoms with Gasteiger partial charge in [-0.2, -0.15) is 0 Å². The highest BCUT2D eigenvalue weighted by Gasteiger charge is 2.37. The lowest BCUT2D eigenvalue weighted by Gasteiger charge is -2.28. The summed E-state index contributed by atoms with van der Waals surface area (Å²) >= 11 is 0. The Morgan fingerprint density at radius 1 is 0.176 bits per heavy atom. The molecule has 27 rings (SSSR count). The third-order valence-corrected chi connectivity index (χ3v) is 27.4. The molecule has 0 radical (unpaired) electrons. The highest BCUT2D eigenvalue weighted by molar-refractivity contribution is 6.15. The van der Waals surface area contributed by atoms with Gasteiger partial charge in [-0.25, -0.2) is 0 Å². The van der Waals surface area contributed by atoms with Crippen LogP contribution in [0, 0.1) is 0 Å². The maximum absolute atomic E-state index is 6.50. The second-order valence-corrected chi connectivity index (χ2v) is 35.1. The zero-order valence-electron chi connectivity index (χ0n) is 71.9. The van der Waals surface area contributed by atoms with E-state index < -0.39 is 0 Å². The average molecular weight is 1680 g/mol. The summed E-state index contributed by atoms with van der Waals surface area (Å²) in [6.07, 6.45) is 0. The van der Waals surface area contributed by atoms with Crippen molar-refractivity contribution in [1.82, 2.24) is 18.3 Å². The Bertz CT molecular complexity index is 9010. The molecule has 0 bridgehead atoms. The van der Waals surface area contributed by atoms with Gasteiger partial charge in [0.05, 0.1) is 44.1 Å². The maximum atomic E-state index is 6.50. The molecule has 0 amide bonds. The molecule has 1 aliphatic rings. The van der Waals surface area contributed by atoms with Crippen LogP contribution in [0.5, 0.6) is 0 Å². The predicted molar refractivity (Wildman–Crippen MR) is 548 cm³/mol. The number of para-hydroxylation sites is 10. The monoisotopic (exact) mass is 1670 g/mol. The summed E-state index contributed by atoms with van der Waals surface area (Å²) in [5, 5.41) is 14.5. The van der Waals surface area contributed by atoms with E-state index in [1.807, 2.05) is 18.2 Å². The molecule has 131 heavy (non-hydrogen) atoms. The van der Waals surface area contributed by atoms with E-state index in [1.165, 1.54) is 137 Å². The number of aromatic nitrogens is 4. The van der Waals surface area contributed by atoms with Crippen molar-refractivity contribution in [2.75, 3.05) is 9.80 Å². The predicted octanol–water partition coefficient (Wildman–Crippen LogP) is 33.8. The summed E-state index contributed by atoms with van der Waals surface area (Å²) < 4.78 is 22.5. The van der Waals surface area contributed by atoms with Gasteiger partial charge in [0.15, 0.2) is 0 Å². The molecular formula is C123H82N6O2. The molecule has 6 heterocycles. The molecule has 8 heteroatoms. The summed E-state index contributed by atoms with van der Waals surface area (Å²) in [6.45, 7) is 4.76. The smallest absolute Gasteiger partial charge is 0.137 e. The van der Waals surface area contributed by atoms with E-state index in [0.717, 1.165) is 106 Å². The van der Waals surface area contributed by atoms with Gasteiger partial charge in [0.25, 0.3) is 0 Å². The lowest BCUT2D eigenvalue weighted by Crippen LogP contribution is -2.17. The normalized spacial score (nSPS) is 12.4. The van der Waals surface area contributed by atoms with Crippen LogP contribution in [-0.4, -0.2) is 18.3 Å². The molecule has 0 aliphatic heterocycles. The van der Waals surface area contributed by atoms with Crippen molar-refractivity contribution in [3.63, 3.8) is 0 Å². The Hall–Kier alpha value is -17.2. The zero-order chi connectivity index (χ0) is 86.5. The maximum Gasteiger partial charge on any atom is 0.137 e. The first-order chi connectivity index (χ1) is 64.7. The number of furan rings is 2. The third kappa shape index (κ3) is 12.2. The van der Waals surface area contributed by atoms with E-state index in [1.54, 1.807) is 0 Å². The fraction of sp³-hybridized carbons (Fsp3) is 0.0244. The van der Waals surface area contributed by atoms with Gasteiger partial charge in [0, 0.05) is 139 Å². The molecule has 0 unspecified atom stereocenters. The van der Waals surface area contributed by atoms with Crippen LogP contribution in [-0.2, 0) is 5.41 Å². The Morgan fingerprint density at radius 3 is 0.878 bits per heavy atom. The van der Waals surface area contributed by atoms with Crippen LogP contribution in [0.2, 0.25) is 0 Å². The van der Waals surface area contributed by atoms with Crippen LogP contribution in [0.25, 0.3) is 198 Å². The molecule has 26 aromatic rings. The Labute approximate surface area is 755 Å². The molecule has 0 N–H and O–H groups in total. The number of anilines is 6. The van der Waals surface area contributed by atoms with E-state index in [-0.39, 0.29) is 5.41 Å². The molecule has 8 nitrogen and oxygen atoms in total. The number of nitrogens with zero attached hydrogens (tertiary/aromatic N) is 6. The zero-order valence-corrected chi connectivity index (χ0v) is 71.9. The molecule has 0 atom stereocenters. The van der Waals surface area contributed by atoms with Gasteiger partial charge in [-0.15, -0.1) is 0 Å². The van der Waals surface area contributed by atoms with Crippen LogP contribution in [0.15, 0.2) is 470 Å². The van der Waals surface area contributed by atoms with Crippen LogP contribution in [0.1, 0.15) is 25.0 Å². The van der Waals surface area contributed by atoms with Gasteiger partial charge in [-0.05, 0) is 250 Å². The largest absolute Gasteiger partial charge is 0.456 e. The van der Waals surface area contributed by atoms with E-state index >= 15 is 0 Å². The van der Waals surface area contributed by atoms with Crippen molar-refractivity contribution in [1.29, 1.82) is 0 Å². The van der Waals surface area contributed by atoms with Crippen LogP contribution >= 0.6 is 0 Å². The van der Waals surface area contributed by atoms with E-state index in [2.05, 4.69) is 485 Å². The highest BCUT2D eigenvalue weighted by atomic mass is 16.3. The van der Waals surface area contributed by atoms with Crippen molar-refractivity contribution in [2.45, 2.75) is 19.3 Å². The van der Waals surface area contributed by atoms with Crippen molar-refractivity contribution >= 4 is 165 Å². The molecule has 616 valence electrons. The molecule has 6 aromatic heterocycles. The lowest BCUT2D eigenvalue weighted by atomic mass is 9.82. The molecule has 1 aliphatic carbocycles. The second kappa shape index (κ2) is 30.0. The molecule has 0 fully saturated rings. The fourth-order valence-electron chi connectivity index (χ4n) is 21.2. The summed E-state index contributed by atoms with van der Waals surface area (Å²) in [5.74, 6) is 0. The summed E-state index contributed by atoms with van der Waals surface area (Å²) in [5.41, 5.74) is 36.1. The number of benzene rings is 20. The van der Waals surface area contributed by atoms with E-state index in [9.17, 15) is 0 Å². The highest BCUT2D eigenvalue weighted by Crippen LogP contribution is 2.53. The average Bonchev–Trinajstić information content (AvgIpc) is 1.51. The first kappa shape index (κ1) is 75.2. The van der Waals surface area contributed by atoms with Gasteiger partial charge >= 0.3 is 0 Å². The summed E-state index contributed by atoms with van der Waals surface area (Å²) in [4.78, 5) is 4.71. The van der Waals surface area contributed by atoms with Crippen LogP contribution in [0.4, 0.5) is 34.1 Å². The van der Waals surface area contributed by atoms with Crippen molar-refractivity contribution in [3.8, 4) is 67.3 Å². The van der Waals surface area contributed by atoms with E-state index in [0.29, 0.717) is 0 Å². The van der Waals surface area contributed by atoms with Gasteiger partial charge in [0.1, 0.15) is 22.3 Å². The van der Waals surface area contributed by atoms with Gasteiger partial charge in [-0.1, -0.05) is 269 Å². The standard InChI is InChI=1S/C63H43N3O.C60H39N3O/c1-63(2)55-37-44(29-32-47(55)48-33-30-45(38-56(48)63)66-57-20-10-6-16-49(57)50-17-7-11-21-58(50)66)64(46-31-34-53-52-19-9-13-23-61(52)67-62(53)39-46)43-27-24-40(25-28-43)41-26-35-60-54(36-41)51-18-8-12-22-59(51)65(60)42-14-4-3-5-15-42;1-3-13-44(14-4-1)62-56-21-11-8-18-50(56)54-37-42(28-36-57(54)62)40-23-29-46(30-24-40)61(48-33-35-53-52-19-9-12-22-59(52)64-60(53)39-48)47-31-25-41(26-32-47)43-27-34-51-49-17-7-10-20-55(49)63(58(51)38-43)45-15-5-2-6-16-45/h3-39H,1-2H3;1-39H. The second-order valence-electron chi connectivity index (χ2n) is 35.1. The van der Waals surface area contributed by atoms with Crippen molar-refractivity contribution in [3.05, 3.63) is 472 Å². The molecule has 0 saturated heterocycles. The molecule has 20 aromatic carbocycles. The van der Waals surface area contributed by atoms with Crippen molar-refractivity contribution < 1.29 is 8.83 Å². The van der Waals surface area contributed by atoms with E-state index in [4.69, 9.17) is 8.83 Å². The number of hydrogen-bond acceptors (Lipinski definition) is 4. The Balaban J connectivity index is 0.000000138. The first-order valence-electron chi connectivity index (χ1n) is 45.0. The summed E-state index contributed by atoms with van der Waals surface area (Å²) in [7, 11) is 0. The quantitative estimate of drug-likeness (QED) is 0.115. The van der Waals surface area contributed by atoms with Crippen LogP contribution < -0.4 is 9.80 Å². The third-order valence-electron chi connectivity index (χ3n) is 27.4. The number of rotatable bonds is 13. The minimum Gasteiger partial charge on any atom is -0.456 e. The van der Waals surface area contributed by atoms with Crippen molar-refractivity contribution in [2.24, 2.45) is 0 Å². The summed E-state index contributed by atoms with van der Waals surface area (Å²) in [6, 6.07) is 167.